The van der Waals surface area contributed by atoms with Crippen LogP contribution >= 0.6 is 0 Å². The Labute approximate surface area is 136 Å². The number of carbonyl (C=O) groups is 1. The minimum atomic E-state index is -0.159. The predicted octanol–water partition coefficient (Wildman–Crippen LogP) is 2.29. The molecule has 122 valence electrons. The molecule has 0 unspecified atom stereocenters. The molecule has 6 heteroatoms. The van der Waals surface area contributed by atoms with Gasteiger partial charge < -0.3 is 14.8 Å². The first-order chi connectivity index (χ1) is 11.1. The van der Waals surface area contributed by atoms with Gasteiger partial charge in [-0.15, -0.1) is 10.2 Å². The molecule has 2 aromatic rings. The maximum absolute atomic E-state index is 12.6. The molecule has 1 aliphatic rings. The van der Waals surface area contributed by atoms with E-state index in [9.17, 15) is 4.79 Å². The lowest BCUT2D eigenvalue weighted by molar-refractivity contribution is 0.188. The highest BCUT2D eigenvalue weighted by molar-refractivity contribution is 5.75. The molecule has 6 nitrogen and oxygen atoms in total. The Morgan fingerprint density at radius 2 is 2.17 bits per heavy atom. The van der Waals surface area contributed by atoms with Gasteiger partial charge in [-0.3, -0.25) is 0 Å². The smallest absolute Gasteiger partial charge is 0.318 e. The van der Waals surface area contributed by atoms with E-state index >= 15 is 0 Å². The predicted molar refractivity (Wildman–Crippen MR) is 87.8 cm³/mol. The van der Waals surface area contributed by atoms with E-state index < -0.39 is 0 Å². The van der Waals surface area contributed by atoms with E-state index in [0.29, 0.717) is 0 Å². The van der Waals surface area contributed by atoms with Crippen molar-refractivity contribution in [3.8, 4) is 0 Å². The highest BCUT2D eigenvalue weighted by Gasteiger charge is 2.30. The van der Waals surface area contributed by atoms with Crippen molar-refractivity contribution in [1.29, 1.82) is 0 Å². The van der Waals surface area contributed by atoms with Gasteiger partial charge in [0.15, 0.2) is 5.82 Å². The van der Waals surface area contributed by atoms with Gasteiger partial charge in [0.2, 0.25) is 0 Å². The van der Waals surface area contributed by atoms with Gasteiger partial charge in [-0.1, -0.05) is 30.3 Å². The Hall–Kier alpha value is -2.37. The molecule has 1 saturated heterocycles. The molecule has 2 heterocycles. The third-order valence-corrected chi connectivity index (χ3v) is 4.43. The van der Waals surface area contributed by atoms with Crippen LogP contribution in [0.3, 0.4) is 0 Å². The number of urea groups is 1. The summed E-state index contributed by atoms with van der Waals surface area (Å²) in [5.41, 5.74) is 1.28. The van der Waals surface area contributed by atoms with Gasteiger partial charge in [0.25, 0.3) is 0 Å². The summed E-state index contributed by atoms with van der Waals surface area (Å²) in [5.74, 6) is 0.761. The third kappa shape index (κ3) is 3.52. The number of benzene rings is 1. The topological polar surface area (TPSA) is 63.1 Å². The van der Waals surface area contributed by atoms with Crippen LogP contribution in [-0.4, -0.2) is 38.3 Å². The number of nitrogens with zero attached hydrogens (tertiary/aromatic N) is 4. The molecule has 1 aliphatic heterocycles. The quantitative estimate of drug-likeness (QED) is 0.942. The highest BCUT2D eigenvalue weighted by atomic mass is 16.2. The van der Waals surface area contributed by atoms with Crippen molar-refractivity contribution in [1.82, 2.24) is 25.0 Å². The number of aryl methyl sites for hydroxylation is 1. The lowest BCUT2D eigenvalue weighted by Gasteiger charge is -2.26. The molecule has 0 aliphatic carbocycles. The number of amides is 2. The van der Waals surface area contributed by atoms with Gasteiger partial charge in [-0.05, 0) is 31.7 Å². The number of hydrogen-bond acceptors (Lipinski definition) is 3. The lowest BCUT2D eigenvalue weighted by atomic mass is 10.0. The second-order valence-corrected chi connectivity index (χ2v) is 6.15. The Morgan fingerprint density at radius 3 is 2.87 bits per heavy atom. The van der Waals surface area contributed by atoms with Crippen molar-refractivity contribution in [2.24, 2.45) is 7.05 Å². The fourth-order valence-corrected chi connectivity index (χ4v) is 3.22. The molecule has 0 saturated carbocycles. The molecule has 23 heavy (non-hydrogen) atoms. The van der Waals surface area contributed by atoms with E-state index in [1.165, 1.54) is 5.56 Å². The summed E-state index contributed by atoms with van der Waals surface area (Å²) >= 11 is 0. The zero-order valence-corrected chi connectivity index (χ0v) is 13.6. The van der Waals surface area contributed by atoms with Crippen LogP contribution in [0.5, 0.6) is 0 Å². The largest absolute Gasteiger partial charge is 0.328 e. The van der Waals surface area contributed by atoms with Gasteiger partial charge in [-0.25, -0.2) is 4.79 Å². The van der Waals surface area contributed by atoms with Crippen LogP contribution in [0.15, 0.2) is 36.7 Å². The van der Waals surface area contributed by atoms with Crippen molar-refractivity contribution in [3.05, 3.63) is 48.0 Å². The van der Waals surface area contributed by atoms with E-state index in [1.807, 2.05) is 41.6 Å². The molecule has 0 bridgehead atoms. The van der Waals surface area contributed by atoms with Crippen molar-refractivity contribution in [2.45, 2.75) is 38.3 Å². The van der Waals surface area contributed by atoms with Gasteiger partial charge in [0, 0.05) is 19.6 Å². The minimum absolute atomic E-state index is 0.0149. The van der Waals surface area contributed by atoms with Crippen molar-refractivity contribution in [2.75, 3.05) is 6.54 Å². The fraction of sp³-hybridized carbons (Fsp3) is 0.471. The molecule has 0 radical (unpaired) electrons. The van der Waals surface area contributed by atoms with E-state index in [-0.39, 0.29) is 18.1 Å². The second kappa shape index (κ2) is 6.81. The van der Waals surface area contributed by atoms with Gasteiger partial charge in [0.05, 0.1) is 6.04 Å². The van der Waals surface area contributed by atoms with Crippen molar-refractivity contribution in [3.63, 3.8) is 0 Å². The van der Waals surface area contributed by atoms with Crippen LogP contribution in [0.1, 0.15) is 37.2 Å². The van der Waals surface area contributed by atoms with Crippen LogP contribution in [0, 0.1) is 0 Å². The van der Waals surface area contributed by atoms with E-state index in [0.717, 1.165) is 31.6 Å². The Kier molecular flexibility index (Phi) is 4.60. The van der Waals surface area contributed by atoms with Crippen LogP contribution in [0.4, 0.5) is 4.79 Å². The Bertz CT molecular complexity index is 654. The van der Waals surface area contributed by atoms with E-state index in [1.54, 1.807) is 6.33 Å². The molecule has 2 amide bonds. The standard InChI is InChI=1S/C17H23N5O/c1-13(16-20-18-12-21(16)2)19-17(23)22-10-6-9-15(22)11-14-7-4-3-5-8-14/h3-5,7-8,12-13,15H,6,9-11H2,1-2H3,(H,19,23)/t13-,15-/m0/s1. The lowest BCUT2D eigenvalue weighted by Crippen LogP contribution is -2.44. The molecule has 1 aromatic heterocycles. The summed E-state index contributed by atoms with van der Waals surface area (Å²) in [5, 5.41) is 11.0. The zero-order valence-electron chi connectivity index (χ0n) is 13.6. The minimum Gasteiger partial charge on any atom is -0.328 e. The third-order valence-electron chi connectivity index (χ3n) is 4.43. The molecular weight excluding hydrogens is 290 g/mol. The second-order valence-electron chi connectivity index (χ2n) is 6.15. The van der Waals surface area contributed by atoms with E-state index in [2.05, 4.69) is 27.6 Å². The SMILES string of the molecule is C[C@H](NC(=O)N1CCC[C@H]1Cc1ccccc1)c1nncn1C. The van der Waals surface area contributed by atoms with Crippen LogP contribution in [0.25, 0.3) is 0 Å². The first kappa shape index (κ1) is 15.5. The summed E-state index contributed by atoms with van der Waals surface area (Å²) in [6.07, 6.45) is 4.67. The summed E-state index contributed by atoms with van der Waals surface area (Å²) in [6, 6.07) is 10.4. The number of rotatable bonds is 4. The molecule has 2 atom stereocenters. The van der Waals surface area contributed by atoms with Crippen molar-refractivity contribution >= 4 is 6.03 Å². The van der Waals surface area contributed by atoms with Crippen molar-refractivity contribution < 1.29 is 4.79 Å². The molecule has 1 fully saturated rings. The number of hydrogen-bond donors (Lipinski definition) is 1. The number of carbonyl (C=O) groups excluding carboxylic acids is 1. The first-order valence-electron chi connectivity index (χ1n) is 8.10. The normalized spacial score (nSPS) is 18.9. The average Bonchev–Trinajstić information content (AvgIpc) is 3.17. The first-order valence-corrected chi connectivity index (χ1v) is 8.10. The monoisotopic (exact) mass is 313 g/mol. The zero-order chi connectivity index (χ0) is 16.2. The summed E-state index contributed by atoms with van der Waals surface area (Å²) < 4.78 is 1.83. The number of aromatic nitrogens is 3. The maximum Gasteiger partial charge on any atom is 0.318 e. The number of likely N-dealkylation sites (tertiary alicyclic amines) is 1. The highest BCUT2D eigenvalue weighted by Crippen LogP contribution is 2.22. The van der Waals surface area contributed by atoms with Gasteiger partial charge in [0.1, 0.15) is 6.33 Å². The molecule has 1 N–H and O–H groups in total. The van der Waals surface area contributed by atoms with Gasteiger partial charge >= 0.3 is 6.03 Å². The Balaban J connectivity index is 1.63. The fourth-order valence-electron chi connectivity index (χ4n) is 3.22. The van der Waals surface area contributed by atoms with Crippen LogP contribution in [0.2, 0.25) is 0 Å². The summed E-state index contributed by atoms with van der Waals surface area (Å²) in [4.78, 5) is 14.6. The maximum atomic E-state index is 12.6. The van der Waals surface area contributed by atoms with Crippen LogP contribution in [-0.2, 0) is 13.5 Å². The van der Waals surface area contributed by atoms with Crippen LogP contribution < -0.4 is 5.32 Å². The van der Waals surface area contributed by atoms with Gasteiger partial charge in [-0.2, -0.15) is 0 Å². The molecular formula is C17H23N5O. The molecule has 1 aromatic carbocycles. The molecule has 3 rings (SSSR count). The summed E-state index contributed by atoms with van der Waals surface area (Å²) in [6.45, 7) is 2.75. The molecule has 0 spiro atoms. The number of nitrogens with one attached hydrogen (secondary N) is 1. The summed E-state index contributed by atoms with van der Waals surface area (Å²) in [7, 11) is 1.88. The van der Waals surface area contributed by atoms with E-state index in [4.69, 9.17) is 0 Å². The average molecular weight is 313 g/mol. The Morgan fingerprint density at radius 1 is 1.39 bits per heavy atom.